The van der Waals surface area contributed by atoms with Crippen LogP contribution in [0.15, 0.2) is 16.9 Å². The number of rotatable bonds is 5. The Morgan fingerprint density at radius 3 is 3.00 bits per heavy atom. The van der Waals surface area contributed by atoms with Crippen LogP contribution in [0, 0.1) is 0 Å². The number of nitrogens with two attached hydrogens (primary N) is 1. The molecule has 19 heavy (non-hydrogen) atoms. The van der Waals surface area contributed by atoms with E-state index in [1.165, 1.54) is 12.1 Å². The van der Waals surface area contributed by atoms with Crippen LogP contribution in [-0.4, -0.2) is 39.1 Å². The third kappa shape index (κ3) is 3.16. The third-order valence-corrected chi connectivity index (χ3v) is 2.69. The van der Waals surface area contributed by atoms with Crippen molar-refractivity contribution in [2.24, 2.45) is 5.73 Å². The van der Waals surface area contributed by atoms with Crippen LogP contribution in [0.1, 0.15) is 19.3 Å². The Morgan fingerprint density at radius 1 is 1.37 bits per heavy atom. The van der Waals surface area contributed by atoms with Crippen LogP contribution in [0.5, 0.6) is 0 Å². The van der Waals surface area contributed by atoms with Gasteiger partial charge in [-0.2, -0.15) is 4.68 Å². The van der Waals surface area contributed by atoms with Crippen molar-refractivity contribution in [1.82, 2.24) is 25.3 Å². The van der Waals surface area contributed by atoms with Gasteiger partial charge in [-0.25, -0.2) is 4.79 Å². The van der Waals surface area contributed by atoms with E-state index in [0.29, 0.717) is 24.3 Å². The molecule has 4 N–H and O–H groups in total. The summed E-state index contributed by atoms with van der Waals surface area (Å²) in [6.45, 7) is 1.22. The molecule has 0 atom stereocenters. The highest BCUT2D eigenvalue weighted by Crippen LogP contribution is 2.04. The van der Waals surface area contributed by atoms with Crippen LogP contribution < -0.4 is 16.6 Å². The molecule has 1 amide bonds. The number of hydrogen-bond acceptors (Lipinski definition) is 5. The van der Waals surface area contributed by atoms with Crippen molar-refractivity contribution in [2.75, 3.05) is 13.1 Å². The number of aromatic nitrogens is 4. The molecule has 102 valence electrons. The van der Waals surface area contributed by atoms with Crippen molar-refractivity contribution >= 4 is 17.2 Å². The second kappa shape index (κ2) is 6.10. The minimum atomic E-state index is -0.359. The fourth-order valence-electron chi connectivity index (χ4n) is 1.71. The molecule has 0 unspecified atom stereocenters. The zero-order valence-corrected chi connectivity index (χ0v) is 10.4. The first-order valence-corrected chi connectivity index (χ1v) is 6.15. The highest BCUT2D eigenvalue weighted by Gasteiger charge is 2.11. The number of amides is 1. The lowest BCUT2D eigenvalue weighted by Crippen LogP contribution is -2.30. The lowest BCUT2D eigenvalue weighted by atomic mass is 10.2. The Kier molecular flexibility index (Phi) is 4.24. The highest BCUT2D eigenvalue weighted by atomic mass is 16.2. The number of pyridine rings is 1. The van der Waals surface area contributed by atoms with E-state index in [-0.39, 0.29) is 11.6 Å². The van der Waals surface area contributed by atoms with Gasteiger partial charge in [-0.3, -0.25) is 4.79 Å². The summed E-state index contributed by atoms with van der Waals surface area (Å²) in [6.07, 6.45) is 2.79. The monoisotopic (exact) mass is 264 g/mol. The molecule has 0 aliphatic rings. The summed E-state index contributed by atoms with van der Waals surface area (Å²) in [5.74, 6) is 0. The van der Waals surface area contributed by atoms with Gasteiger partial charge in [0.1, 0.15) is 5.52 Å². The number of unbranched alkanes of at least 4 members (excludes halogenated alkanes) is 2. The van der Waals surface area contributed by atoms with Crippen molar-refractivity contribution in [2.45, 2.75) is 19.3 Å². The van der Waals surface area contributed by atoms with E-state index in [0.717, 1.165) is 23.9 Å². The molecule has 0 radical (unpaired) electrons. The molecule has 2 aromatic heterocycles. The Morgan fingerprint density at radius 2 is 2.21 bits per heavy atom. The van der Waals surface area contributed by atoms with E-state index in [1.54, 1.807) is 0 Å². The van der Waals surface area contributed by atoms with Gasteiger partial charge in [0.15, 0.2) is 5.65 Å². The van der Waals surface area contributed by atoms with Gasteiger partial charge in [0.05, 0.1) is 0 Å². The van der Waals surface area contributed by atoms with Crippen molar-refractivity contribution in [3.05, 3.63) is 22.5 Å². The zero-order valence-electron chi connectivity index (χ0n) is 10.4. The molecule has 0 aliphatic carbocycles. The standard InChI is InChI=1S/C11H16N6O2/c12-6-2-1-3-7-13-11(19)17-8-4-5-9(18)14-10(8)15-16-17/h4-5H,1-3,6-7,12H2,(H,13,19)(H,14,18). The lowest BCUT2D eigenvalue weighted by Gasteiger charge is -2.04. The number of nitrogens with one attached hydrogen (secondary N) is 2. The predicted octanol–water partition coefficient (Wildman–Crippen LogP) is -0.194. The average molecular weight is 264 g/mol. The maximum atomic E-state index is 11.9. The van der Waals surface area contributed by atoms with Crippen LogP contribution in [0.2, 0.25) is 0 Å². The molecular formula is C11H16N6O2. The summed E-state index contributed by atoms with van der Waals surface area (Å²) in [6, 6.07) is 2.49. The van der Waals surface area contributed by atoms with Crippen LogP contribution in [0.4, 0.5) is 4.79 Å². The van der Waals surface area contributed by atoms with Gasteiger partial charge in [0, 0.05) is 12.6 Å². The summed E-state index contributed by atoms with van der Waals surface area (Å²) >= 11 is 0. The minimum absolute atomic E-state index is 0.276. The van der Waals surface area contributed by atoms with Gasteiger partial charge in [0.2, 0.25) is 5.56 Å². The van der Waals surface area contributed by atoms with Gasteiger partial charge < -0.3 is 16.0 Å². The van der Waals surface area contributed by atoms with E-state index in [1.807, 2.05) is 0 Å². The molecule has 2 heterocycles. The minimum Gasteiger partial charge on any atom is -0.336 e. The molecule has 0 aliphatic heterocycles. The van der Waals surface area contributed by atoms with Crippen LogP contribution >= 0.6 is 0 Å². The van der Waals surface area contributed by atoms with Gasteiger partial charge in [-0.15, -0.1) is 5.10 Å². The molecule has 0 aromatic carbocycles. The van der Waals surface area contributed by atoms with Crippen molar-refractivity contribution in [3.8, 4) is 0 Å². The molecule has 0 spiro atoms. The summed E-state index contributed by atoms with van der Waals surface area (Å²) in [5, 5.41) is 10.2. The Bertz CT molecular complexity index is 617. The normalized spacial score (nSPS) is 10.8. The van der Waals surface area contributed by atoms with Crippen molar-refractivity contribution in [3.63, 3.8) is 0 Å². The molecule has 0 saturated heterocycles. The fourth-order valence-corrected chi connectivity index (χ4v) is 1.71. The van der Waals surface area contributed by atoms with Gasteiger partial charge in [0.25, 0.3) is 0 Å². The van der Waals surface area contributed by atoms with E-state index in [2.05, 4.69) is 20.6 Å². The lowest BCUT2D eigenvalue weighted by molar-refractivity contribution is 0.240. The number of fused-ring (bicyclic) bond motifs is 1. The largest absolute Gasteiger partial charge is 0.344 e. The first kappa shape index (κ1) is 13.2. The summed E-state index contributed by atoms with van der Waals surface area (Å²) in [5.41, 5.74) is 5.88. The van der Waals surface area contributed by atoms with E-state index in [4.69, 9.17) is 5.73 Å². The van der Waals surface area contributed by atoms with Gasteiger partial charge in [-0.1, -0.05) is 11.6 Å². The number of carbonyl (C=O) groups is 1. The van der Waals surface area contributed by atoms with Gasteiger partial charge >= 0.3 is 6.03 Å². The summed E-state index contributed by atoms with van der Waals surface area (Å²) in [4.78, 5) is 25.5. The molecule has 8 nitrogen and oxygen atoms in total. The van der Waals surface area contributed by atoms with Crippen molar-refractivity contribution < 1.29 is 4.79 Å². The number of hydrogen-bond donors (Lipinski definition) is 3. The Balaban J connectivity index is 1.99. The first-order chi connectivity index (χ1) is 9.22. The SMILES string of the molecule is NCCCCCNC(=O)n1nnc2[nH]c(=O)ccc21. The Labute approximate surface area is 109 Å². The quantitative estimate of drug-likeness (QED) is 0.646. The maximum absolute atomic E-state index is 11.9. The molecule has 2 rings (SSSR count). The smallest absolute Gasteiger partial charge is 0.336 e. The molecule has 2 aromatic rings. The van der Waals surface area contributed by atoms with Crippen molar-refractivity contribution in [1.29, 1.82) is 0 Å². The fraction of sp³-hybridized carbons (Fsp3) is 0.455. The van der Waals surface area contributed by atoms with Gasteiger partial charge in [-0.05, 0) is 25.5 Å². The number of aromatic amines is 1. The van der Waals surface area contributed by atoms with E-state index >= 15 is 0 Å². The molecule has 0 bridgehead atoms. The number of carbonyl (C=O) groups excluding carboxylic acids is 1. The van der Waals surface area contributed by atoms with E-state index in [9.17, 15) is 9.59 Å². The van der Waals surface area contributed by atoms with E-state index < -0.39 is 0 Å². The molecule has 0 fully saturated rings. The predicted molar refractivity (Wildman–Crippen MR) is 69.9 cm³/mol. The maximum Gasteiger partial charge on any atom is 0.344 e. The highest BCUT2D eigenvalue weighted by molar-refractivity contribution is 5.85. The number of nitrogens with zero attached hydrogens (tertiary/aromatic N) is 3. The van der Waals surface area contributed by atoms with Crippen LogP contribution in [0.3, 0.4) is 0 Å². The Hall–Kier alpha value is -2.22. The first-order valence-electron chi connectivity index (χ1n) is 6.15. The molecule has 0 saturated carbocycles. The molecular weight excluding hydrogens is 248 g/mol. The zero-order chi connectivity index (χ0) is 13.7. The third-order valence-electron chi connectivity index (χ3n) is 2.69. The molecule has 8 heteroatoms. The van der Waals surface area contributed by atoms with Crippen LogP contribution in [-0.2, 0) is 0 Å². The summed E-state index contributed by atoms with van der Waals surface area (Å²) < 4.78 is 1.13. The second-order valence-corrected chi connectivity index (χ2v) is 4.14. The summed E-state index contributed by atoms with van der Waals surface area (Å²) in [7, 11) is 0. The average Bonchev–Trinajstić information content (AvgIpc) is 2.81. The van der Waals surface area contributed by atoms with Crippen LogP contribution in [0.25, 0.3) is 11.2 Å². The second-order valence-electron chi connectivity index (χ2n) is 4.14. The topological polar surface area (TPSA) is 119 Å². The number of H-pyrrole nitrogens is 1.